The van der Waals surface area contributed by atoms with Gasteiger partial charge in [-0.3, -0.25) is 9.52 Å². The second-order valence-corrected chi connectivity index (χ2v) is 15.4. The van der Waals surface area contributed by atoms with Gasteiger partial charge < -0.3 is 14.7 Å². The van der Waals surface area contributed by atoms with Gasteiger partial charge in [0.15, 0.2) is 26.6 Å². The number of ether oxygens (including phenoxy) is 1. The third-order valence-electron chi connectivity index (χ3n) is 8.52. The summed E-state index contributed by atoms with van der Waals surface area (Å²) in [6, 6.07) is 13.9. The molecular formula is C34H41F3N8O4S. The molecule has 4 bridgehead atoms. The first-order chi connectivity index (χ1) is 23.5. The Bertz CT molecular complexity index is 1950. The van der Waals surface area contributed by atoms with Crippen molar-refractivity contribution in [1.29, 1.82) is 4.78 Å². The summed E-state index contributed by atoms with van der Waals surface area (Å²) in [5.41, 5.74) is -1.16. The Morgan fingerprint density at radius 3 is 2.50 bits per heavy atom. The summed E-state index contributed by atoms with van der Waals surface area (Å²) in [5.74, 6) is -0.304. The van der Waals surface area contributed by atoms with Crippen molar-refractivity contribution in [3.63, 3.8) is 0 Å². The second kappa shape index (κ2) is 14.2. The number of hydrogen-bond donors (Lipinski definition) is 3. The number of carboxylic acid groups (broad SMARTS) is 1. The summed E-state index contributed by atoms with van der Waals surface area (Å²) in [6.45, 7) is 5.42. The van der Waals surface area contributed by atoms with Gasteiger partial charge in [-0.05, 0) is 64.7 Å². The molecule has 4 heterocycles. The van der Waals surface area contributed by atoms with Gasteiger partial charge in [0.25, 0.3) is 0 Å². The number of aryl methyl sites for hydroxylation is 1. The van der Waals surface area contributed by atoms with Crippen molar-refractivity contribution in [3.05, 3.63) is 66.5 Å². The molecule has 5 rings (SSSR count). The van der Waals surface area contributed by atoms with E-state index < -0.39 is 39.5 Å². The first kappa shape index (κ1) is 36.5. The van der Waals surface area contributed by atoms with Crippen molar-refractivity contribution in [3.8, 4) is 23.0 Å². The van der Waals surface area contributed by atoms with Gasteiger partial charge in [-0.25, -0.2) is 28.6 Å². The number of anilines is 2. The van der Waals surface area contributed by atoms with Crippen LogP contribution >= 0.6 is 0 Å². The van der Waals surface area contributed by atoms with E-state index in [-0.39, 0.29) is 29.1 Å². The highest BCUT2D eigenvalue weighted by Crippen LogP contribution is 2.38. The molecule has 3 N–H and O–H groups in total. The Balaban J connectivity index is 1.54. The molecule has 0 spiro atoms. The Kier molecular flexibility index (Phi) is 10.4. The minimum Gasteiger partial charge on any atom is -0.481 e. The maximum Gasteiger partial charge on any atom is 0.397 e. The molecule has 3 aromatic heterocycles. The summed E-state index contributed by atoms with van der Waals surface area (Å²) in [5, 5.41) is 14.1. The predicted molar refractivity (Wildman–Crippen MR) is 183 cm³/mol. The molecule has 1 aliphatic rings. The van der Waals surface area contributed by atoms with Gasteiger partial charge in [0.2, 0.25) is 5.88 Å². The molecule has 1 unspecified atom stereocenters. The lowest BCUT2D eigenvalue weighted by Crippen LogP contribution is -2.40. The lowest BCUT2D eigenvalue weighted by molar-refractivity contribution is -0.219. The highest BCUT2D eigenvalue weighted by Gasteiger charge is 2.48. The van der Waals surface area contributed by atoms with Gasteiger partial charge >= 0.3 is 12.1 Å². The summed E-state index contributed by atoms with van der Waals surface area (Å²) in [4.78, 5) is 27.7. The monoisotopic (exact) mass is 714 g/mol. The van der Waals surface area contributed by atoms with Crippen LogP contribution in [0.5, 0.6) is 5.88 Å². The van der Waals surface area contributed by atoms with Crippen LogP contribution in [0.2, 0.25) is 0 Å². The van der Waals surface area contributed by atoms with Crippen molar-refractivity contribution in [2.24, 2.45) is 10.8 Å². The summed E-state index contributed by atoms with van der Waals surface area (Å²) < 4.78 is 72.4. The fraction of sp³-hybridized carbons (Fsp3) is 0.441. The Morgan fingerprint density at radius 2 is 1.76 bits per heavy atom. The number of rotatable bonds is 7. The molecule has 16 heteroatoms. The standard InChI is InChI=1S/C34H41F3N8O4S/c1-32(2,31(46)47)21-44-18-10-6-5-7-12-23-13-8-9-14-24(23)29-30(45-19-17-27(42-45)49-22-33(3,4)34(35,36)37)39-20-25(40-29)43-50(38,48)28-16-11-15-26(44)41-28/h8-9,11,13-17,19-20H,5-7,10,12,18,21-22H2,1-4H3,(H,46,47)(H2,38,40,43,48). The SMILES string of the molecule is CC(C)(CN1CCCCCCc2ccccc2-c2nc(cnc2-n2ccc(OCC(C)(C)C(F)(F)F)n2)NS(=N)(=O)c2cccc1n2)C(=O)O. The number of benzene rings is 1. The first-order valence-electron chi connectivity index (χ1n) is 16.2. The quantitative estimate of drug-likeness (QED) is 0.181. The van der Waals surface area contributed by atoms with Crippen LogP contribution in [0.25, 0.3) is 17.1 Å². The molecule has 0 saturated carbocycles. The van der Waals surface area contributed by atoms with E-state index in [1.165, 1.54) is 29.2 Å². The molecule has 0 fully saturated rings. The number of aliphatic carboxylic acids is 1. The number of carboxylic acids is 1. The smallest absolute Gasteiger partial charge is 0.397 e. The number of nitrogens with zero attached hydrogens (tertiary/aromatic N) is 6. The van der Waals surface area contributed by atoms with Crippen molar-refractivity contribution < 1.29 is 32.0 Å². The molecule has 12 nitrogen and oxygen atoms in total. The maximum atomic E-state index is 13.9. The molecule has 0 radical (unpaired) electrons. The molecule has 0 amide bonds. The number of nitrogens with one attached hydrogen (secondary N) is 2. The summed E-state index contributed by atoms with van der Waals surface area (Å²) in [6.07, 6.45) is 2.40. The van der Waals surface area contributed by atoms with Crippen LogP contribution in [-0.2, 0) is 21.1 Å². The third kappa shape index (κ3) is 8.34. The fourth-order valence-corrected chi connectivity index (χ4v) is 6.31. The van der Waals surface area contributed by atoms with Crippen LogP contribution in [-0.4, -0.2) is 65.9 Å². The van der Waals surface area contributed by atoms with E-state index in [1.54, 1.807) is 26.0 Å². The normalized spacial score (nSPS) is 17.7. The lowest BCUT2D eigenvalue weighted by Gasteiger charge is -2.31. The van der Waals surface area contributed by atoms with E-state index in [2.05, 4.69) is 19.8 Å². The Hall–Kier alpha value is -4.73. The second-order valence-electron chi connectivity index (χ2n) is 13.6. The number of aromatic nitrogens is 5. The van der Waals surface area contributed by atoms with Crippen LogP contribution in [0.1, 0.15) is 58.9 Å². The minimum absolute atomic E-state index is 0.0227. The van der Waals surface area contributed by atoms with Crippen LogP contribution in [0.15, 0.2) is 66.0 Å². The molecule has 0 aliphatic carbocycles. The molecule has 0 saturated heterocycles. The van der Waals surface area contributed by atoms with Crippen molar-refractivity contribution in [2.75, 3.05) is 29.3 Å². The van der Waals surface area contributed by atoms with Gasteiger partial charge in [0, 0.05) is 30.9 Å². The van der Waals surface area contributed by atoms with Gasteiger partial charge in [0.05, 0.1) is 17.0 Å². The third-order valence-corrected chi connectivity index (χ3v) is 9.83. The van der Waals surface area contributed by atoms with Crippen LogP contribution in [0.3, 0.4) is 0 Å². The van der Waals surface area contributed by atoms with Crippen molar-refractivity contribution in [2.45, 2.75) is 71.0 Å². The maximum absolute atomic E-state index is 13.9. The number of fused-ring (bicyclic) bond motifs is 6. The molecule has 1 aliphatic heterocycles. The number of alkyl halides is 3. The molecule has 268 valence electrons. The summed E-state index contributed by atoms with van der Waals surface area (Å²) >= 11 is 0. The number of halogens is 3. The van der Waals surface area contributed by atoms with Gasteiger partial charge in [-0.2, -0.15) is 13.2 Å². The summed E-state index contributed by atoms with van der Waals surface area (Å²) in [7, 11) is -3.80. The number of hydrogen-bond acceptors (Lipinski definition) is 9. The van der Waals surface area contributed by atoms with Crippen LogP contribution in [0, 0.1) is 15.6 Å². The van der Waals surface area contributed by atoms with E-state index in [1.807, 2.05) is 29.2 Å². The van der Waals surface area contributed by atoms with E-state index in [0.29, 0.717) is 24.5 Å². The van der Waals surface area contributed by atoms with E-state index in [0.717, 1.165) is 50.7 Å². The fourth-order valence-electron chi connectivity index (χ4n) is 5.32. The van der Waals surface area contributed by atoms with Gasteiger partial charge in [0.1, 0.15) is 18.1 Å². The van der Waals surface area contributed by atoms with Crippen molar-refractivity contribution >= 4 is 27.5 Å². The zero-order chi connectivity index (χ0) is 36.3. The average Bonchev–Trinajstić information content (AvgIpc) is 3.53. The largest absolute Gasteiger partial charge is 0.481 e. The minimum atomic E-state index is -4.47. The predicted octanol–water partition coefficient (Wildman–Crippen LogP) is 7.16. The molecule has 50 heavy (non-hydrogen) atoms. The first-order valence-corrected chi connectivity index (χ1v) is 17.8. The topological polar surface area (TPSA) is 159 Å². The van der Waals surface area contributed by atoms with E-state index in [9.17, 15) is 27.3 Å². The Labute approximate surface area is 289 Å². The average molecular weight is 715 g/mol. The van der Waals surface area contributed by atoms with Crippen LogP contribution < -0.4 is 14.4 Å². The van der Waals surface area contributed by atoms with Gasteiger partial charge in [-0.15, -0.1) is 5.10 Å². The van der Waals surface area contributed by atoms with Crippen LogP contribution in [0.4, 0.5) is 24.8 Å². The van der Waals surface area contributed by atoms with Gasteiger partial charge in [-0.1, -0.05) is 43.2 Å². The van der Waals surface area contributed by atoms with E-state index >= 15 is 0 Å². The molecule has 1 atom stereocenters. The zero-order valence-corrected chi connectivity index (χ0v) is 29.1. The molecule has 1 aromatic carbocycles. The molecule has 4 aromatic rings. The molecular weight excluding hydrogens is 673 g/mol. The highest BCUT2D eigenvalue weighted by molar-refractivity contribution is 7.93. The number of carbonyl (C=O) groups is 1. The Morgan fingerprint density at radius 1 is 1.02 bits per heavy atom. The zero-order valence-electron chi connectivity index (χ0n) is 28.3. The van der Waals surface area contributed by atoms with E-state index in [4.69, 9.17) is 14.5 Å². The highest BCUT2D eigenvalue weighted by atomic mass is 32.2. The number of pyridine rings is 1. The lowest BCUT2D eigenvalue weighted by atomic mass is 9.93. The van der Waals surface area contributed by atoms with Crippen molar-refractivity contribution in [1.82, 2.24) is 24.7 Å².